The van der Waals surface area contributed by atoms with Gasteiger partial charge in [0, 0.05) is 17.8 Å². The molecule has 1 aromatic carbocycles. The molecule has 8 heteroatoms. The lowest BCUT2D eigenvalue weighted by Gasteiger charge is -2.13. The second-order valence-corrected chi connectivity index (χ2v) is 4.58. The number of hydrogen-bond donors (Lipinski definition) is 3. The fourth-order valence-electron chi connectivity index (χ4n) is 2.02. The number of nitro groups is 1. The average molecular weight is 291 g/mol. The van der Waals surface area contributed by atoms with Crippen molar-refractivity contribution in [3.8, 4) is 0 Å². The second-order valence-electron chi connectivity index (χ2n) is 4.58. The molecule has 110 valence electrons. The number of aliphatic carboxylic acids is 1. The predicted octanol–water partition coefficient (Wildman–Crippen LogP) is 1.75. The van der Waals surface area contributed by atoms with Gasteiger partial charge < -0.3 is 15.7 Å². The SMILES string of the molecule is O=C(Nc1cccc([N+](=O)[O-])c1)NC1C=CC(C(=O)O)C1. The third-order valence-electron chi connectivity index (χ3n) is 3.03. The predicted molar refractivity (Wildman–Crippen MR) is 73.9 cm³/mol. The Morgan fingerprint density at radius 1 is 1.33 bits per heavy atom. The van der Waals surface area contributed by atoms with Crippen LogP contribution in [0.25, 0.3) is 0 Å². The van der Waals surface area contributed by atoms with Crippen molar-refractivity contribution in [1.29, 1.82) is 0 Å². The molecule has 3 N–H and O–H groups in total. The number of carboxylic acid groups (broad SMARTS) is 1. The second kappa shape index (κ2) is 6.04. The lowest BCUT2D eigenvalue weighted by Crippen LogP contribution is -2.36. The Hall–Kier alpha value is -2.90. The number of anilines is 1. The molecule has 2 unspecified atom stereocenters. The Morgan fingerprint density at radius 2 is 2.10 bits per heavy atom. The van der Waals surface area contributed by atoms with E-state index in [-0.39, 0.29) is 18.2 Å². The van der Waals surface area contributed by atoms with Crippen molar-refractivity contribution in [3.63, 3.8) is 0 Å². The molecule has 0 aliphatic heterocycles. The minimum absolute atomic E-state index is 0.125. The molecule has 1 aromatic rings. The van der Waals surface area contributed by atoms with E-state index in [9.17, 15) is 19.7 Å². The van der Waals surface area contributed by atoms with E-state index in [4.69, 9.17) is 5.11 Å². The molecule has 8 nitrogen and oxygen atoms in total. The lowest BCUT2D eigenvalue weighted by molar-refractivity contribution is -0.384. The summed E-state index contributed by atoms with van der Waals surface area (Å²) >= 11 is 0. The first-order valence-corrected chi connectivity index (χ1v) is 6.19. The summed E-state index contributed by atoms with van der Waals surface area (Å²) < 4.78 is 0. The van der Waals surface area contributed by atoms with E-state index in [0.29, 0.717) is 5.69 Å². The van der Waals surface area contributed by atoms with Gasteiger partial charge in [-0.3, -0.25) is 14.9 Å². The standard InChI is InChI=1S/C13H13N3O5/c17-12(18)8-4-5-10(6-8)15-13(19)14-9-2-1-3-11(7-9)16(20)21/h1-5,7-8,10H,6H2,(H,17,18)(H2,14,15,19). The first kappa shape index (κ1) is 14.5. The van der Waals surface area contributed by atoms with Gasteiger partial charge in [-0.05, 0) is 12.5 Å². The van der Waals surface area contributed by atoms with Crippen molar-refractivity contribution in [1.82, 2.24) is 5.32 Å². The monoisotopic (exact) mass is 291 g/mol. The van der Waals surface area contributed by atoms with Crippen LogP contribution in [0, 0.1) is 16.0 Å². The van der Waals surface area contributed by atoms with Gasteiger partial charge in [0.2, 0.25) is 0 Å². The van der Waals surface area contributed by atoms with Gasteiger partial charge in [0.05, 0.1) is 16.9 Å². The Balaban J connectivity index is 1.91. The number of benzene rings is 1. The summed E-state index contributed by atoms with van der Waals surface area (Å²) in [5.41, 5.74) is 0.165. The number of rotatable bonds is 4. The molecule has 0 heterocycles. The minimum atomic E-state index is -0.936. The van der Waals surface area contributed by atoms with Crippen molar-refractivity contribution in [3.05, 3.63) is 46.5 Å². The summed E-state index contributed by atoms with van der Waals surface area (Å²) in [4.78, 5) is 32.6. The summed E-state index contributed by atoms with van der Waals surface area (Å²) in [5.74, 6) is -1.54. The first-order chi connectivity index (χ1) is 9.95. The maximum atomic E-state index is 11.8. The van der Waals surface area contributed by atoms with E-state index < -0.39 is 22.8 Å². The molecule has 0 radical (unpaired) electrons. The van der Waals surface area contributed by atoms with Crippen LogP contribution >= 0.6 is 0 Å². The third kappa shape index (κ3) is 3.78. The number of nitrogens with one attached hydrogen (secondary N) is 2. The summed E-state index contributed by atoms with van der Waals surface area (Å²) in [7, 11) is 0. The zero-order valence-electron chi connectivity index (χ0n) is 10.9. The van der Waals surface area contributed by atoms with Crippen LogP contribution in [-0.2, 0) is 4.79 Å². The van der Waals surface area contributed by atoms with Crippen molar-refractivity contribution in [2.24, 2.45) is 5.92 Å². The van der Waals surface area contributed by atoms with Crippen LogP contribution in [-0.4, -0.2) is 28.1 Å². The van der Waals surface area contributed by atoms with Crippen LogP contribution in [0.4, 0.5) is 16.2 Å². The largest absolute Gasteiger partial charge is 0.481 e. The van der Waals surface area contributed by atoms with E-state index >= 15 is 0 Å². The maximum absolute atomic E-state index is 11.8. The van der Waals surface area contributed by atoms with Crippen LogP contribution in [0.15, 0.2) is 36.4 Å². The van der Waals surface area contributed by atoms with E-state index in [1.54, 1.807) is 6.08 Å². The molecule has 0 bridgehead atoms. The van der Waals surface area contributed by atoms with Crippen molar-refractivity contribution >= 4 is 23.4 Å². The van der Waals surface area contributed by atoms with E-state index in [0.717, 1.165) is 0 Å². The highest BCUT2D eigenvalue weighted by molar-refractivity contribution is 5.90. The van der Waals surface area contributed by atoms with Gasteiger partial charge in [-0.15, -0.1) is 0 Å². The van der Waals surface area contributed by atoms with E-state index in [2.05, 4.69) is 10.6 Å². The molecule has 2 amide bonds. The molecule has 1 aliphatic carbocycles. The molecule has 0 saturated carbocycles. The number of carbonyl (C=O) groups excluding carboxylic acids is 1. The zero-order valence-corrected chi connectivity index (χ0v) is 10.9. The minimum Gasteiger partial charge on any atom is -0.481 e. The number of carbonyl (C=O) groups is 2. The van der Waals surface area contributed by atoms with Crippen molar-refractivity contribution in [2.45, 2.75) is 12.5 Å². The molecule has 0 aromatic heterocycles. The van der Waals surface area contributed by atoms with Gasteiger partial charge in [0.1, 0.15) is 0 Å². The van der Waals surface area contributed by atoms with Gasteiger partial charge in [0.25, 0.3) is 5.69 Å². The van der Waals surface area contributed by atoms with Crippen LogP contribution in [0.3, 0.4) is 0 Å². The number of urea groups is 1. The van der Waals surface area contributed by atoms with Crippen LogP contribution in [0.5, 0.6) is 0 Å². The van der Waals surface area contributed by atoms with E-state index in [1.807, 2.05) is 0 Å². The average Bonchev–Trinajstić information content (AvgIpc) is 2.87. The highest BCUT2D eigenvalue weighted by Gasteiger charge is 2.25. The maximum Gasteiger partial charge on any atom is 0.319 e. The summed E-state index contributed by atoms with van der Waals surface area (Å²) in [6, 6.07) is 4.63. The van der Waals surface area contributed by atoms with Gasteiger partial charge in [0.15, 0.2) is 0 Å². The number of hydrogen-bond acceptors (Lipinski definition) is 4. The van der Waals surface area contributed by atoms with Gasteiger partial charge in [-0.25, -0.2) is 4.79 Å². The molecule has 21 heavy (non-hydrogen) atoms. The van der Waals surface area contributed by atoms with Crippen LogP contribution < -0.4 is 10.6 Å². The lowest BCUT2D eigenvalue weighted by atomic mass is 10.1. The Kier molecular flexibility index (Phi) is 4.17. The normalized spacial score (nSPS) is 20.0. The van der Waals surface area contributed by atoms with Crippen molar-refractivity contribution < 1.29 is 19.6 Å². The summed E-state index contributed by atoms with van der Waals surface area (Å²) in [6.45, 7) is 0. The Morgan fingerprint density at radius 3 is 2.71 bits per heavy atom. The molecular formula is C13H13N3O5. The van der Waals surface area contributed by atoms with Crippen LogP contribution in [0.2, 0.25) is 0 Å². The highest BCUT2D eigenvalue weighted by atomic mass is 16.6. The van der Waals surface area contributed by atoms with E-state index in [1.165, 1.54) is 30.3 Å². The Labute approximate surface area is 119 Å². The smallest absolute Gasteiger partial charge is 0.319 e. The molecule has 0 spiro atoms. The number of amides is 2. The number of nitro benzene ring substituents is 1. The fraction of sp³-hybridized carbons (Fsp3) is 0.231. The van der Waals surface area contributed by atoms with Gasteiger partial charge >= 0.3 is 12.0 Å². The molecular weight excluding hydrogens is 278 g/mol. The first-order valence-electron chi connectivity index (χ1n) is 6.19. The topological polar surface area (TPSA) is 122 Å². The van der Waals surface area contributed by atoms with Crippen molar-refractivity contribution in [2.75, 3.05) is 5.32 Å². The fourth-order valence-corrected chi connectivity index (χ4v) is 2.02. The number of nitrogens with zero attached hydrogens (tertiary/aromatic N) is 1. The van der Waals surface area contributed by atoms with Crippen LogP contribution in [0.1, 0.15) is 6.42 Å². The third-order valence-corrected chi connectivity index (χ3v) is 3.03. The molecule has 0 saturated heterocycles. The highest BCUT2D eigenvalue weighted by Crippen LogP contribution is 2.19. The van der Waals surface area contributed by atoms with Gasteiger partial charge in [-0.1, -0.05) is 18.2 Å². The zero-order chi connectivity index (χ0) is 15.4. The number of non-ortho nitro benzene ring substituents is 1. The molecule has 1 aliphatic rings. The Bertz CT molecular complexity index is 614. The summed E-state index contributed by atoms with van der Waals surface area (Å²) in [5, 5.41) is 24.5. The van der Waals surface area contributed by atoms with Gasteiger partial charge in [-0.2, -0.15) is 0 Å². The quantitative estimate of drug-likeness (QED) is 0.443. The number of carboxylic acids is 1. The molecule has 2 atom stereocenters. The summed E-state index contributed by atoms with van der Waals surface area (Å²) in [6.07, 6.45) is 3.43. The molecule has 2 rings (SSSR count). The molecule has 0 fully saturated rings.